The third kappa shape index (κ3) is 4.80. The smallest absolute Gasteiger partial charge is 0.251 e. The molecule has 0 spiro atoms. The predicted molar refractivity (Wildman–Crippen MR) is 95.0 cm³/mol. The lowest BCUT2D eigenvalue weighted by molar-refractivity contribution is -0.119. The minimum atomic E-state index is -0.653. The van der Waals surface area contributed by atoms with E-state index in [0.29, 0.717) is 16.4 Å². The van der Waals surface area contributed by atoms with Crippen molar-refractivity contribution in [3.05, 3.63) is 59.2 Å². The number of carbonyl (C=O) groups is 2. The summed E-state index contributed by atoms with van der Waals surface area (Å²) in [6.45, 7) is 3.89. The van der Waals surface area contributed by atoms with E-state index in [4.69, 9.17) is 11.6 Å². The van der Waals surface area contributed by atoms with E-state index in [1.165, 1.54) is 0 Å². The van der Waals surface area contributed by atoms with Gasteiger partial charge < -0.3 is 10.6 Å². The maximum atomic E-state index is 12.5. The fourth-order valence-electron chi connectivity index (χ4n) is 2.17. The van der Waals surface area contributed by atoms with E-state index in [0.717, 1.165) is 6.42 Å². The molecule has 0 saturated carbocycles. The Balaban J connectivity index is 2.11. The third-order valence-corrected chi connectivity index (χ3v) is 4.06. The van der Waals surface area contributed by atoms with E-state index in [1.807, 2.05) is 13.8 Å². The molecule has 2 amide bonds. The van der Waals surface area contributed by atoms with Crippen LogP contribution in [0.15, 0.2) is 48.7 Å². The van der Waals surface area contributed by atoms with Gasteiger partial charge in [-0.2, -0.15) is 0 Å². The molecule has 0 fully saturated rings. The summed E-state index contributed by atoms with van der Waals surface area (Å²) in [6, 6.07) is 11.1. The van der Waals surface area contributed by atoms with Crippen molar-refractivity contribution in [1.82, 2.24) is 10.3 Å². The Morgan fingerprint density at radius 2 is 1.88 bits per heavy atom. The van der Waals surface area contributed by atoms with E-state index in [2.05, 4.69) is 15.6 Å². The zero-order chi connectivity index (χ0) is 17.5. The van der Waals surface area contributed by atoms with Crippen LogP contribution >= 0.6 is 11.6 Å². The van der Waals surface area contributed by atoms with Gasteiger partial charge >= 0.3 is 0 Å². The van der Waals surface area contributed by atoms with Crippen molar-refractivity contribution in [1.29, 1.82) is 0 Å². The van der Waals surface area contributed by atoms with Gasteiger partial charge in [0.1, 0.15) is 11.9 Å². The summed E-state index contributed by atoms with van der Waals surface area (Å²) in [6.07, 6.45) is 2.35. The van der Waals surface area contributed by atoms with Crippen molar-refractivity contribution in [3.8, 4) is 0 Å². The number of carbonyl (C=O) groups excluding carboxylic acids is 2. The Hall–Kier alpha value is -2.40. The second kappa shape index (κ2) is 8.45. The van der Waals surface area contributed by atoms with Gasteiger partial charge in [0.05, 0.1) is 0 Å². The molecule has 0 radical (unpaired) electrons. The molecule has 6 heteroatoms. The van der Waals surface area contributed by atoms with Gasteiger partial charge in [0, 0.05) is 16.8 Å². The normalized spacial score (nSPS) is 13.0. The van der Waals surface area contributed by atoms with Gasteiger partial charge in [0.2, 0.25) is 5.91 Å². The standard InChI is InChI=1S/C18H20ClN3O2/c1-3-12(2)16(18(24)21-15-6-4-5-11-20-15)22-17(23)13-7-9-14(19)10-8-13/h4-12,16H,3H2,1-2H3,(H,22,23)(H,20,21,24). The number of halogens is 1. The molecule has 0 aliphatic heterocycles. The molecule has 2 atom stereocenters. The summed E-state index contributed by atoms with van der Waals surface area (Å²) in [7, 11) is 0. The number of hydrogen-bond donors (Lipinski definition) is 2. The number of anilines is 1. The second-order valence-corrected chi connectivity index (χ2v) is 5.98. The number of rotatable bonds is 6. The summed E-state index contributed by atoms with van der Waals surface area (Å²) >= 11 is 5.83. The molecule has 1 aromatic carbocycles. The molecule has 2 rings (SSSR count). The minimum Gasteiger partial charge on any atom is -0.340 e. The summed E-state index contributed by atoms with van der Waals surface area (Å²) in [5.41, 5.74) is 0.457. The first-order valence-corrected chi connectivity index (χ1v) is 8.17. The Morgan fingerprint density at radius 1 is 1.17 bits per heavy atom. The van der Waals surface area contributed by atoms with Crippen molar-refractivity contribution < 1.29 is 9.59 Å². The van der Waals surface area contributed by atoms with Gasteiger partial charge in [0.15, 0.2) is 0 Å². The lowest BCUT2D eigenvalue weighted by Crippen LogP contribution is -2.47. The Bertz CT molecular complexity index is 689. The number of nitrogens with zero attached hydrogens (tertiary/aromatic N) is 1. The minimum absolute atomic E-state index is 0.0232. The Morgan fingerprint density at radius 3 is 2.46 bits per heavy atom. The van der Waals surface area contributed by atoms with E-state index in [-0.39, 0.29) is 17.7 Å². The van der Waals surface area contributed by atoms with Crippen LogP contribution in [-0.4, -0.2) is 22.8 Å². The van der Waals surface area contributed by atoms with E-state index < -0.39 is 6.04 Å². The highest BCUT2D eigenvalue weighted by Crippen LogP contribution is 2.13. The lowest BCUT2D eigenvalue weighted by Gasteiger charge is -2.23. The highest BCUT2D eigenvalue weighted by atomic mass is 35.5. The van der Waals surface area contributed by atoms with E-state index >= 15 is 0 Å². The van der Waals surface area contributed by atoms with Crippen molar-refractivity contribution in [2.45, 2.75) is 26.3 Å². The average molecular weight is 346 g/mol. The number of benzene rings is 1. The average Bonchev–Trinajstić information content (AvgIpc) is 2.60. The second-order valence-electron chi connectivity index (χ2n) is 5.55. The summed E-state index contributed by atoms with van der Waals surface area (Å²) in [5, 5.41) is 6.09. The van der Waals surface area contributed by atoms with Crippen molar-refractivity contribution in [2.75, 3.05) is 5.32 Å². The summed E-state index contributed by atoms with van der Waals surface area (Å²) in [4.78, 5) is 29.0. The fourth-order valence-corrected chi connectivity index (χ4v) is 2.29. The number of hydrogen-bond acceptors (Lipinski definition) is 3. The quantitative estimate of drug-likeness (QED) is 0.841. The first kappa shape index (κ1) is 17.9. The van der Waals surface area contributed by atoms with Gasteiger partial charge in [0.25, 0.3) is 5.91 Å². The molecule has 1 heterocycles. The zero-order valence-corrected chi connectivity index (χ0v) is 14.4. The maximum absolute atomic E-state index is 12.5. The predicted octanol–water partition coefficient (Wildman–Crippen LogP) is 3.52. The Kier molecular flexibility index (Phi) is 6.32. The van der Waals surface area contributed by atoms with E-state index in [9.17, 15) is 9.59 Å². The molecule has 2 N–H and O–H groups in total. The van der Waals surface area contributed by atoms with Gasteiger partial charge in [-0.15, -0.1) is 0 Å². The van der Waals surface area contributed by atoms with Crippen molar-refractivity contribution >= 4 is 29.2 Å². The molecule has 126 valence electrons. The van der Waals surface area contributed by atoms with Crippen LogP contribution in [-0.2, 0) is 4.79 Å². The molecule has 0 aliphatic carbocycles. The third-order valence-electron chi connectivity index (χ3n) is 3.80. The van der Waals surface area contributed by atoms with Gasteiger partial charge in [-0.05, 0) is 42.3 Å². The highest BCUT2D eigenvalue weighted by molar-refractivity contribution is 6.30. The molecule has 2 unspecified atom stereocenters. The van der Waals surface area contributed by atoms with E-state index in [1.54, 1.807) is 48.7 Å². The number of aromatic nitrogens is 1. The molecule has 0 bridgehead atoms. The van der Waals surface area contributed by atoms with Crippen molar-refractivity contribution in [3.63, 3.8) is 0 Å². The molecule has 24 heavy (non-hydrogen) atoms. The van der Waals surface area contributed by atoms with Crippen LogP contribution in [0.4, 0.5) is 5.82 Å². The maximum Gasteiger partial charge on any atom is 0.251 e. The van der Waals surface area contributed by atoms with Crippen LogP contribution in [0.3, 0.4) is 0 Å². The van der Waals surface area contributed by atoms with Gasteiger partial charge in [-0.3, -0.25) is 9.59 Å². The Labute approximate surface area is 146 Å². The van der Waals surface area contributed by atoms with Crippen LogP contribution in [0.1, 0.15) is 30.6 Å². The van der Waals surface area contributed by atoms with Gasteiger partial charge in [-0.25, -0.2) is 4.98 Å². The lowest BCUT2D eigenvalue weighted by atomic mass is 9.98. The number of pyridine rings is 1. The van der Waals surface area contributed by atoms with Crippen LogP contribution < -0.4 is 10.6 Å². The molecule has 0 saturated heterocycles. The zero-order valence-electron chi connectivity index (χ0n) is 13.6. The molecule has 0 aliphatic rings. The largest absolute Gasteiger partial charge is 0.340 e. The molecule has 2 aromatic rings. The number of amides is 2. The molecule has 1 aromatic heterocycles. The van der Waals surface area contributed by atoms with Crippen LogP contribution in [0.25, 0.3) is 0 Å². The molecule has 5 nitrogen and oxygen atoms in total. The van der Waals surface area contributed by atoms with Crippen molar-refractivity contribution in [2.24, 2.45) is 5.92 Å². The summed E-state index contributed by atoms with van der Waals surface area (Å²) in [5.74, 6) is -0.167. The SMILES string of the molecule is CCC(C)C(NC(=O)c1ccc(Cl)cc1)C(=O)Nc1ccccn1. The van der Waals surface area contributed by atoms with Crippen LogP contribution in [0.2, 0.25) is 5.02 Å². The van der Waals surface area contributed by atoms with Gasteiger partial charge in [-0.1, -0.05) is 37.9 Å². The van der Waals surface area contributed by atoms with Crippen LogP contribution in [0.5, 0.6) is 0 Å². The molecular formula is C18H20ClN3O2. The first-order valence-electron chi connectivity index (χ1n) is 7.79. The fraction of sp³-hybridized carbons (Fsp3) is 0.278. The number of nitrogens with one attached hydrogen (secondary N) is 2. The monoisotopic (exact) mass is 345 g/mol. The first-order chi connectivity index (χ1) is 11.5. The highest BCUT2D eigenvalue weighted by Gasteiger charge is 2.26. The topological polar surface area (TPSA) is 71.1 Å². The van der Waals surface area contributed by atoms with Crippen LogP contribution in [0, 0.1) is 5.92 Å². The summed E-state index contributed by atoms with van der Waals surface area (Å²) < 4.78 is 0. The molecular weight excluding hydrogens is 326 g/mol.